The van der Waals surface area contributed by atoms with Crippen molar-refractivity contribution in [3.05, 3.63) is 34.9 Å². The molecule has 0 N–H and O–H groups in total. The van der Waals surface area contributed by atoms with Crippen LogP contribution in [-0.4, -0.2) is 18.4 Å². The van der Waals surface area contributed by atoms with Gasteiger partial charge in [0.05, 0.1) is 5.41 Å². The van der Waals surface area contributed by atoms with Gasteiger partial charge in [-0.05, 0) is 31.4 Å². The lowest BCUT2D eigenvalue weighted by atomic mass is 9.87. The number of Topliss-reactive ketones (excluding diaryl/α,β-unsaturated/α-hetero) is 1. The predicted molar refractivity (Wildman–Crippen MR) is 64.0 cm³/mol. The molecule has 1 aromatic rings. The molecule has 17 heavy (non-hydrogen) atoms. The number of carbonyl (C=O) groups is 2. The summed E-state index contributed by atoms with van der Waals surface area (Å²) in [6.07, 6.45) is 0.654. The highest BCUT2D eigenvalue weighted by molar-refractivity contribution is 6.05. The van der Waals surface area contributed by atoms with E-state index in [0.717, 1.165) is 16.7 Å². The summed E-state index contributed by atoms with van der Waals surface area (Å²) >= 11 is 0. The van der Waals surface area contributed by atoms with Gasteiger partial charge in [-0.25, -0.2) is 0 Å². The van der Waals surface area contributed by atoms with E-state index in [1.165, 1.54) is 6.92 Å². The Morgan fingerprint density at radius 2 is 2.18 bits per heavy atom. The van der Waals surface area contributed by atoms with Crippen molar-refractivity contribution in [2.75, 3.05) is 6.61 Å². The summed E-state index contributed by atoms with van der Waals surface area (Å²) in [5.74, 6) is -0.260. The number of ether oxygens (including phenoxy) is 1. The molecular formula is C14H16O3. The van der Waals surface area contributed by atoms with E-state index in [9.17, 15) is 9.59 Å². The molecule has 0 aromatic heterocycles. The molecule has 0 bridgehead atoms. The van der Waals surface area contributed by atoms with Gasteiger partial charge in [0.1, 0.15) is 6.61 Å². The van der Waals surface area contributed by atoms with Gasteiger partial charge in [0.25, 0.3) is 0 Å². The van der Waals surface area contributed by atoms with Crippen molar-refractivity contribution in [1.29, 1.82) is 0 Å². The van der Waals surface area contributed by atoms with Crippen LogP contribution in [0.5, 0.6) is 0 Å². The summed E-state index contributed by atoms with van der Waals surface area (Å²) in [4.78, 5) is 23.1. The van der Waals surface area contributed by atoms with Crippen molar-refractivity contribution >= 4 is 11.8 Å². The molecule has 0 saturated heterocycles. The summed E-state index contributed by atoms with van der Waals surface area (Å²) in [6, 6.07) is 5.75. The number of aryl methyl sites for hydroxylation is 1. The minimum atomic E-state index is -0.597. The fourth-order valence-corrected chi connectivity index (χ4v) is 2.32. The standard InChI is InChI=1S/C14H16O3/c1-9-5-4-6-11-12(9)7-14(3,13(11)16)8-17-10(2)15/h4-6H,7-8H2,1-3H3. The Bertz CT molecular complexity index is 490. The highest BCUT2D eigenvalue weighted by Crippen LogP contribution is 2.38. The van der Waals surface area contributed by atoms with Gasteiger partial charge >= 0.3 is 5.97 Å². The Hall–Kier alpha value is -1.64. The Balaban J connectivity index is 2.30. The number of benzene rings is 1. The van der Waals surface area contributed by atoms with Gasteiger partial charge in [0.2, 0.25) is 0 Å². The lowest BCUT2D eigenvalue weighted by molar-refractivity contribution is -0.143. The zero-order chi connectivity index (χ0) is 12.6. The van der Waals surface area contributed by atoms with Crippen molar-refractivity contribution in [2.24, 2.45) is 5.41 Å². The van der Waals surface area contributed by atoms with E-state index in [0.29, 0.717) is 6.42 Å². The molecule has 0 radical (unpaired) electrons. The second kappa shape index (κ2) is 3.99. The Morgan fingerprint density at radius 3 is 2.76 bits per heavy atom. The molecule has 1 atom stereocenters. The molecule has 90 valence electrons. The maximum absolute atomic E-state index is 12.3. The van der Waals surface area contributed by atoms with E-state index in [1.54, 1.807) is 0 Å². The number of esters is 1. The lowest BCUT2D eigenvalue weighted by Crippen LogP contribution is -2.30. The first-order chi connectivity index (χ1) is 7.94. The fourth-order valence-electron chi connectivity index (χ4n) is 2.32. The highest BCUT2D eigenvalue weighted by Gasteiger charge is 2.42. The van der Waals surface area contributed by atoms with E-state index in [2.05, 4.69) is 0 Å². The number of hydrogen-bond acceptors (Lipinski definition) is 3. The minimum Gasteiger partial charge on any atom is -0.465 e. The first-order valence-corrected chi connectivity index (χ1v) is 5.71. The highest BCUT2D eigenvalue weighted by atomic mass is 16.5. The quantitative estimate of drug-likeness (QED) is 0.735. The number of hydrogen-bond donors (Lipinski definition) is 0. The van der Waals surface area contributed by atoms with E-state index >= 15 is 0 Å². The van der Waals surface area contributed by atoms with Crippen LogP contribution in [0.25, 0.3) is 0 Å². The van der Waals surface area contributed by atoms with Gasteiger partial charge in [0.15, 0.2) is 5.78 Å². The molecule has 0 heterocycles. The van der Waals surface area contributed by atoms with Crippen LogP contribution in [0.3, 0.4) is 0 Å². The Morgan fingerprint density at radius 1 is 1.47 bits per heavy atom. The zero-order valence-electron chi connectivity index (χ0n) is 10.4. The largest absolute Gasteiger partial charge is 0.465 e. The number of rotatable bonds is 2. The molecule has 3 nitrogen and oxygen atoms in total. The maximum atomic E-state index is 12.3. The van der Waals surface area contributed by atoms with Gasteiger partial charge in [-0.1, -0.05) is 18.2 Å². The van der Waals surface area contributed by atoms with Crippen LogP contribution in [-0.2, 0) is 16.0 Å². The Labute approximate surface area is 101 Å². The van der Waals surface area contributed by atoms with Crippen molar-refractivity contribution < 1.29 is 14.3 Å². The molecule has 3 heteroatoms. The molecule has 0 amide bonds. The summed E-state index contributed by atoms with van der Waals surface area (Å²) in [5, 5.41) is 0. The summed E-state index contributed by atoms with van der Waals surface area (Å²) in [5.41, 5.74) is 2.40. The summed E-state index contributed by atoms with van der Waals surface area (Å²) in [7, 11) is 0. The minimum absolute atomic E-state index is 0.0810. The van der Waals surface area contributed by atoms with Crippen LogP contribution in [0.1, 0.15) is 35.3 Å². The van der Waals surface area contributed by atoms with Crippen molar-refractivity contribution in [1.82, 2.24) is 0 Å². The fraction of sp³-hybridized carbons (Fsp3) is 0.429. The smallest absolute Gasteiger partial charge is 0.302 e. The molecule has 0 fully saturated rings. The second-order valence-electron chi connectivity index (χ2n) is 4.95. The third-order valence-corrected chi connectivity index (χ3v) is 3.36. The molecular weight excluding hydrogens is 216 g/mol. The van der Waals surface area contributed by atoms with Crippen LogP contribution < -0.4 is 0 Å². The molecule has 1 aromatic carbocycles. The van der Waals surface area contributed by atoms with Crippen molar-refractivity contribution in [3.8, 4) is 0 Å². The molecule has 0 aliphatic heterocycles. The van der Waals surface area contributed by atoms with Crippen molar-refractivity contribution in [3.63, 3.8) is 0 Å². The maximum Gasteiger partial charge on any atom is 0.302 e. The third kappa shape index (κ3) is 1.97. The van der Waals surface area contributed by atoms with E-state index < -0.39 is 5.41 Å². The molecule has 2 rings (SSSR count). The van der Waals surface area contributed by atoms with Gasteiger partial charge in [-0.3, -0.25) is 9.59 Å². The van der Waals surface area contributed by atoms with Crippen LogP contribution in [0.4, 0.5) is 0 Å². The normalized spacial score (nSPS) is 22.4. The first kappa shape index (κ1) is 11.8. The average Bonchev–Trinajstić information content (AvgIpc) is 2.53. The molecule has 1 aliphatic rings. The number of fused-ring (bicyclic) bond motifs is 1. The summed E-state index contributed by atoms with van der Waals surface area (Å²) in [6.45, 7) is 5.39. The van der Waals surface area contributed by atoms with Crippen LogP contribution >= 0.6 is 0 Å². The first-order valence-electron chi connectivity index (χ1n) is 5.71. The topological polar surface area (TPSA) is 43.4 Å². The van der Waals surface area contributed by atoms with Crippen LogP contribution in [0.2, 0.25) is 0 Å². The van der Waals surface area contributed by atoms with Crippen LogP contribution in [0.15, 0.2) is 18.2 Å². The van der Waals surface area contributed by atoms with Gasteiger partial charge < -0.3 is 4.74 Å². The predicted octanol–water partition coefficient (Wildman–Crippen LogP) is 2.30. The lowest BCUT2D eigenvalue weighted by Gasteiger charge is -2.20. The third-order valence-electron chi connectivity index (χ3n) is 3.36. The molecule has 0 spiro atoms. The summed E-state index contributed by atoms with van der Waals surface area (Å²) < 4.78 is 5.01. The van der Waals surface area contributed by atoms with Gasteiger partial charge in [0, 0.05) is 12.5 Å². The monoisotopic (exact) mass is 232 g/mol. The van der Waals surface area contributed by atoms with Crippen molar-refractivity contribution in [2.45, 2.75) is 27.2 Å². The SMILES string of the molecule is CC(=O)OCC1(C)Cc2c(C)cccc2C1=O. The Kier molecular flexibility index (Phi) is 2.77. The zero-order valence-corrected chi connectivity index (χ0v) is 10.4. The average molecular weight is 232 g/mol. The van der Waals surface area contributed by atoms with Gasteiger partial charge in [-0.15, -0.1) is 0 Å². The van der Waals surface area contributed by atoms with E-state index in [-0.39, 0.29) is 18.4 Å². The van der Waals surface area contributed by atoms with Gasteiger partial charge in [-0.2, -0.15) is 0 Å². The molecule has 1 unspecified atom stereocenters. The van der Waals surface area contributed by atoms with E-state index in [4.69, 9.17) is 4.74 Å². The molecule has 1 aliphatic carbocycles. The molecule has 0 saturated carbocycles. The number of ketones is 1. The van der Waals surface area contributed by atoms with E-state index in [1.807, 2.05) is 32.0 Å². The van der Waals surface area contributed by atoms with Crippen LogP contribution in [0, 0.1) is 12.3 Å². The number of carbonyl (C=O) groups excluding carboxylic acids is 2. The second-order valence-corrected chi connectivity index (χ2v) is 4.95.